The van der Waals surface area contributed by atoms with Crippen LogP contribution in [0.25, 0.3) is 11.8 Å². The second-order valence-corrected chi connectivity index (χ2v) is 6.61. The number of allylic oxidation sites excluding steroid dienone is 1. The standard InChI is InChI=1S/C21H11F8N3/c22-15-4-5-17(23)14(9-15)7-13(11-30)6-12-2-1-3-16(8-12)32-19(21(27,28)29)10-18(31-32)20(24,25)26/h1-6,8-10H,7H2. The smallest absolute Gasteiger partial charge is 0.228 e. The van der Waals surface area contributed by atoms with Crippen LogP contribution in [0.1, 0.15) is 22.5 Å². The molecule has 0 spiro atoms. The normalized spacial score (nSPS) is 12.7. The van der Waals surface area contributed by atoms with Gasteiger partial charge in [0.2, 0.25) is 0 Å². The van der Waals surface area contributed by atoms with Crippen molar-refractivity contribution in [3.63, 3.8) is 0 Å². The topological polar surface area (TPSA) is 41.6 Å². The van der Waals surface area contributed by atoms with E-state index in [-0.39, 0.29) is 39.6 Å². The molecule has 1 aromatic heterocycles. The Kier molecular flexibility index (Phi) is 6.07. The van der Waals surface area contributed by atoms with E-state index in [1.807, 2.05) is 0 Å². The van der Waals surface area contributed by atoms with Gasteiger partial charge in [0.25, 0.3) is 0 Å². The molecule has 3 nitrogen and oxygen atoms in total. The minimum absolute atomic E-state index is 0.0564. The average Bonchev–Trinajstić information content (AvgIpc) is 3.17. The molecule has 1 heterocycles. The van der Waals surface area contributed by atoms with Crippen molar-refractivity contribution in [2.75, 3.05) is 0 Å². The summed E-state index contributed by atoms with van der Waals surface area (Å²) < 4.78 is 106. The lowest BCUT2D eigenvalue weighted by Crippen LogP contribution is -2.13. The Balaban J connectivity index is 2.02. The molecule has 0 unspecified atom stereocenters. The fraction of sp³-hybridized carbons (Fsp3) is 0.143. The van der Waals surface area contributed by atoms with E-state index in [4.69, 9.17) is 0 Å². The molecule has 0 aliphatic carbocycles. The van der Waals surface area contributed by atoms with Crippen molar-refractivity contribution in [1.82, 2.24) is 9.78 Å². The van der Waals surface area contributed by atoms with Crippen LogP contribution in [0.2, 0.25) is 0 Å². The van der Waals surface area contributed by atoms with Crippen molar-refractivity contribution >= 4 is 6.08 Å². The molecular formula is C21H11F8N3. The second-order valence-electron chi connectivity index (χ2n) is 6.61. The Bertz CT molecular complexity index is 1210. The van der Waals surface area contributed by atoms with Crippen molar-refractivity contribution in [3.05, 3.63) is 88.3 Å². The number of benzene rings is 2. The van der Waals surface area contributed by atoms with E-state index in [1.165, 1.54) is 18.2 Å². The summed E-state index contributed by atoms with van der Waals surface area (Å²) in [5.41, 5.74) is -3.71. The van der Waals surface area contributed by atoms with E-state index < -0.39 is 35.4 Å². The molecule has 3 rings (SSSR count). The van der Waals surface area contributed by atoms with E-state index in [0.717, 1.165) is 30.3 Å². The molecule has 32 heavy (non-hydrogen) atoms. The van der Waals surface area contributed by atoms with Crippen molar-refractivity contribution in [2.24, 2.45) is 0 Å². The predicted molar refractivity (Wildman–Crippen MR) is 97.2 cm³/mol. The number of rotatable bonds is 4. The summed E-state index contributed by atoms with van der Waals surface area (Å²) in [6, 6.07) is 9.20. The molecule has 166 valence electrons. The molecule has 3 aromatic rings. The van der Waals surface area contributed by atoms with E-state index in [1.54, 1.807) is 6.07 Å². The zero-order valence-electron chi connectivity index (χ0n) is 15.8. The Labute approximate surface area is 175 Å². The van der Waals surface area contributed by atoms with Gasteiger partial charge in [0.1, 0.15) is 17.3 Å². The Hall–Kier alpha value is -3.68. The third kappa shape index (κ3) is 5.14. The van der Waals surface area contributed by atoms with Gasteiger partial charge in [-0.3, -0.25) is 0 Å². The molecule has 0 aliphatic heterocycles. The maximum atomic E-state index is 13.8. The van der Waals surface area contributed by atoms with Gasteiger partial charge in [-0.2, -0.15) is 36.7 Å². The summed E-state index contributed by atoms with van der Waals surface area (Å²) in [5.74, 6) is -1.48. The molecule has 0 fully saturated rings. The Morgan fingerprint density at radius 3 is 2.31 bits per heavy atom. The first-order valence-corrected chi connectivity index (χ1v) is 8.78. The fourth-order valence-corrected chi connectivity index (χ4v) is 2.87. The highest BCUT2D eigenvalue weighted by molar-refractivity contribution is 5.60. The molecular weight excluding hydrogens is 446 g/mol. The van der Waals surface area contributed by atoms with Crippen LogP contribution < -0.4 is 0 Å². The van der Waals surface area contributed by atoms with Gasteiger partial charge in [-0.05, 0) is 47.5 Å². The van der Waals surface area contributed by atoms with Gasteiger partial charge < -0.3 is 0 Å². The van der Waals surface area contributed by atoms with Crippen LogP contribution in [0, 0.1) is 23.0 Å². The number of nitrogens with zero attached hydrogens (tertiary/aromatic N) is 3. The SMILES string of the molecule is N#CC(=Cc1cccc(-n2nc(C(F)(F)F)cc2C(F)(F)F)c1)Cc1cc(F)ccc1F. The molecule has 0 atom stereocenters. The summed E-state index contributed by atoms with van der Waals surface area (Å²) in [6.45, 7) is 0. The number of halogens is 8. The zero-order chi connectivity index (χ0) is 23.7. The number of nitriles is 1. The number of aromatic nitrogens is 2. The van der Waals surface area contributed by atoms with E-state index in [0.29, 0.717) is 0 Å². The van der Waals surface area contributed by atoms with Gasteiger partial charge in [0, 0.05) is 18.1 Å². The van der Waals surface area contributed by atoms with Gasteiger partial charge in [0.15, 0.2) is 5.69 Å². The molecule has 0 radical (unpaired) electrons. The lowest BCUT2D eigenvalue weighted by atomic mass is 10.0. The zero-order valence-corrected chi connectivity index (χ0v) is 15.8. The van der Waals surface area contributed by atoms with Crippen molar-refractivity contribution in [2.45, 2.75) is 18.8 Å². The molecule has 0 amide bonds. The van der Waals surface area contributed by atoms with Gasteiger partial charge in [-0.15, -0.1) is 0 Å². The van der Waals surface area contributed by atoms with Crippen LogP contribution >= 0.6 is 0 Å². The van der Waals surface area contributed by atoms with Gasteiger partial charge >= 0.3 is 12.4 Å². The molecule has 0 aliphatic rings. The second kappa shape index (κ2) is 8.45. The lowest BCUT2D eigenvalue weighted by Gasteiger charge is -2.11. The van der Waals surface area contributed by atoms with Crippen LogP contribution in [0.15, 0.2) is 54.1 Å². The molecule has 0 bridgehead atoms. The number of hydrogen-bond acceptors (Lipinski definition) is 2. The monoisotopic (exact) mass is 457 g/mol. The van der Waals surface area contributed by atoms with E-state index in [9.17, 15) is 40.4 Å². The van der Waals surface area contributed by atoms with Crippen LogP contribution in [0.4, 0.5) is 35.1 Å². The summed E-state index contributed by atoms with van der Waals surface area (Å²) in [4.78, 5) is 0. The third-order valence-corrected chi connectivity index (χ3v) is 4.28. The van der Waals surface area contributed by atoms with Crippen molar-refractivity contribution < 1.29 is 35.1 Å². The fourth-order valence-electron chi connectivity index (χ4n) is 2.87. The van der Waals surface area contributed by atoms with Crippen LogP contribution in [-0.2, 0) is 18.8 Å². The molecule has 0 N–H and O–H groups in total. The molecule has 11 heteroatoms. The molecule has 0 saturated heterocycles. The number of hydrogen-bond donors (Lipinski definition) is 0. The minimum atomic E-state index is -5.12. The Morgan fingerprint density at radius 2 is 1.69 bits per heavy atom. The third-order valence-electron chi connectivity index (χ3n) is 4.28. The predicted octanol–water partition coefficient (Wildman–Crippen LogP) is 6.34. The van der Waals surface area contributed by atoms with Crippen LogP contribution in [0.3, 0.4) is 0 Å². The van der Waals surface area contributed by atoms with Gasteiger partial charge in [-0.25, -0.2) is 13.5 Å². The van der Waals surface area contributed by atoms with Crippen LogP contribution in [-0.4, -0.2) is 9.78 Å². The maximum absolute atomic E-state index is 13.8. The van der Waals surface area contributed by atoms with Crippen LogP contribution in [0.5, 0.6) is 0 Å². The highest BCUT2D eigenvalue weighted by Crippen LogP contribution is 2.36. The minimum Gasteiger partial charge on any atom is -0.228 e. The lowest BCUT2D eigenvalue weighted by molar-refractivity contribution is -0.143. The number of alkyl halides is 6. The first-order chi connectivity index (χ1) is 14.9. The van der Waals surface area contributed by atoms with E-state index >= 15 is 0 Å². The quantitative estimate of drug-likeness (QED) is 0.339. The highest BCUT2D eigenvalue weighted by atomic mass is 19.4. The van der Waals surface area contributed by atoms with Gasteiger partial charge in [0.05, 0.1) is 11.8 Å². The van der Waals surface area contributed by atoms with Crippen molar-refractivity contribution in [3.8, 4) is 11.8 Å². The first kappa shape index (κ1) is 23.0. The maximum Gasteiger partial charge on any atom is 0.435 e. The average molecular weight is 457 g/mol. The molecule has 2 aromatic carbocycles. The summed E-state index contributed by atoms with van der Waals surface area (Å²) >= 11 is 0. The van der Waals surface area contributed by atoms with E-state index in [2.05, 4.69) is 5.10 Å². The largest absolute Gasteiger partial charge is 0.435 e. The summed E-state index contributed by atoms with van der Waals surface area (Å²) in [5, 5.41) is 12.4. The van der Waals surface area contributed by atoms with Gasteiger partial charge in [-0.1, -0.05) is 12.1 Å². The summed E-state index contributed by atoms with van der Waals surface area (Å²) in [6.07, 6.45) is -9.31. The highest BCUT2D eigenvalue weighted by Gasteiger charge is 2.42. The first-order valence-electron chi connectivity index (χ1n) is 8.78. The summed E-state index contributed by atoms with van der Waals surface area (Å²) in [7, 11) is 0. The van der Waals surface area contributed by atoms with Crippen molar-refractivity contribution in [1.29, 1.82) is 5.26 Å². The Morgan fingerprint density at radius 1 is 0.969 bits per heavy atom. The molecule has 0 saturated carbocycles.